The number of rotatable bonds is 3. The zero-order valence-electron chi connectivity index (χ0n) is 27.2. The second-order valence-corrected chi connectivity index (χ2v) is 12.8. The molecule has 0 saturated carbocycles. The molecule has 0 N–H and O–H groups in total. The van der Waals surface area contributed by atoms with Gasteiger partial charge in [-0.3, -0.25) is 19.9 Å². The molecule has 4 aromatic heterocycles. The van der Waals surface area contributed by atoms with E-state index in [2.05, 4.69) is 108 Å². The second-order valence-electron chi connectivity index (χ2n) is 10.9. The molecule has 0 aliphatic rings. The van der Waals surface area contributed by atoms with Gasteiger partial charge in [-0.15, -0.1) is 8.67 Å². The normalized spacial score (nSPS) is 11.5. The number of aromatic nitrogens is 4. The smallest absolute Gasteiger partial charge is 0.724 e. The van der Waals surface area contributed by atoms with Gasteiger partial charge in [0, 0.05) is 46.3 Å². The molecule has 6 rings (SSSR count). The summed E-state index contributed by atoms with van der Waals surface area (Å²) in [5.74, 6) is 0. The molecule has 0 bridgehead atoms. The molecule has 0 aliphatic heterocycles. The molecule has 4 heterocycles. The maximum atomic E-state index is 9.37. The first-order valence-electron chi connectivity index (χ1n) is 13.9. The average molecular weight is 777 g/mol. The Morgan fingerprint density at radius 3 is 0.809 bits per heavy atom. The van der Waals surface area contributed by atoms with E-state index in [1.165, 1.54) is 66.1 Å². The maximum Gasteiger partial charge on any atom is 2.00 e. The molecule has 0 saturated heterocycles. The predicted octanol–water partition coefficient (Wildman–Crippen LogP) is 5.89. The molecule has 6 aromatic rings. The number of nitrogens with zero attached hydrogens (tertiary/aromatic N) is 4. The molecule has 0 unspecified atom stereocenters. The van der Waals surface area contributed by atoms with E-state index in [9.17, 15) is 25.9 Å². The van der Waals surface area contributed by atoms with Crippen LogP contribution in [0, 0.1) is 55.4 Å². The van der Waals surface area contributed by atoms with Crippen molar-refractivity contribution in [2.75, 3.05) is 0 Å². The fraction of sp³-hybridized carbons (Fsp3) is 0.250. The first kappa shape index (κ1) is 38.2. The molecule has 12 nitrogen and oxygen atoms in total. The topological polar surface area (TPSA) is 184 Å². The fourth-order valence-electron chi connectivity index (χ4n) is 4.84. The summed E-state index contributed by atoms with van der Waals surface area (Å²) in [6, 6.07) is 8.67. The number of benzene rings is 2. The van der Waals surface area contributed by atoms with Gasteiger partial charge in [0.25, 0.3) is 0 Å². The van der Waals surface area contributed by atoms with Gasteiger partial charge in [0.2, 0.25) is 20.8 Å². The number of hydrogen-bond donors (Lipinski definition) is 0. The summed E-state index contributed by atoms with van der Waals surface area (Å²) >= 11 is 0. The minimum atomic E-state index is -5.31. The minimum Gasteiger partial charge on any atom is -0.724 e. The summed E-state index contributed by atoms with van der Waals surface area (Å²) in [6.45, 7) is 17.0. The van der Waals surface area contributed by atoms with Crippen LogP contribution in [0.15, 0.2) is 49.1 Å². The maximum absolute atomic E-state index is 9.37. The van der Waals surface area contributed by atoms with E-state index in [4.69, 9.17) is 0 Å². The van der Waals surface area contributed by atoms with Crippen LogP contribution in [-0.4, -0.2) is 45.9 Å². The number of fused-ring (bicyclic) bond motifs is 6. The van der Waals surface area contributed by atoms with Gasteiger partial charge in [-0.2, -0.15) is 0 Å². The van der Waals surface area contributed by atoms with E-state index in [1.54, 1.807) is 0 Å². The largest absolute Gasteiger partial charge is 2.00 e. The third kappa shape index (κ3) is 8.81. The van der Waals surface area contributed by atoms with Crippen molar-refractivity contribution in [2.45, 2.75) is 55.4 Å². The minimum absolute atomic E-state index is 0. The van der Waals surface area contributed by atoms with Crippen molar-refractivity contribution in [3.63, 3.8) is 0 Å². The van der Waals surface area contributed by atoms with Gasteiger partial charge >= 0.3 is 27.3 Å². The first-order valence-corrected chi connectivity index (χ1v) is 16.6. The van der Waals surface area contributed by atoms with Gasteiger partial charge in [-0.1, -0.05) is 24.3 Å². The molecule has 0 atom stereocenters. The summed E-state index contributed by atoms with van der Waals surface area (Å²) < 4.78 is 61.5. The van der Waals surface area contributed by atoms with Crippen molar-refractivity contribution < 1.29 is 61.9 Å². The van der Waals surface area contributed by atoms with Crippen molar-refractivity contribution in [1.82, 2.24) is 19.9 Å². The van der Waals surface area contributed by atoms with E-state index < -0.39 is 20.8 Å². The van der Waals surface area contributed by atoms with Gasteiger partial charge < -0.3 is 9.11 Å². The molecule has 0 radical (unpaired) electrons. The summed E-state index contributed by atoms with van der Waals surface area (Å²) in [5.41, 5.74) is 14.1. The first-order chi connectivity index (χ1) is 21.4. The van der Waals surface area contributed by atoms with Crippen LogP contribution in [0.1, 0.15) is 44.5 Å². The Morgan fingerprint density at radius 1 is 0.447 bits per heavy atom. The van der Waals surface area contributed by atoms with E-state index in [0.717, 1.165) is 22.1 Å². The Bertz CT molecular complexity index is 2070. The Hall–Kier alpha value is -3.26. The molecule has 15 heteroatoms. The Labute approximate surface area is 293 Å². The molecule has 0 aliphatic carbocycles. The Kier molecular flexibility index (Phi) is 12.1. The number of aryl methyl sites for hydroxylation is 8. The quantitative estimate of drug-likeness (QED) is 0.0520. The molecule has 47 heavy (non-hydrogen) atoms. The van der Waals surface area contributed by atoms with E-state index in [-0.39, 0.29) is 27.3 Å². The Morgan fingerprint density at radius 2 is 0.638 bits per heavy atom. The summed E-state index contributed by atoms with van der Waals surface area (Å²) in [5, 5.41) is 4.83. The SMILES string of the molecule is Cc1cnc2c(ccc3c(C)c(C)cnc32)c1C.Cc1cnc2c(ccc3c(C)c(C)cnc32)c1C.O=S(=O)([O-])OOS(=O)(=O)[O-].[Cd+2]. The molecular formula is C32H32CdN4O8S2. The van der Waals surface area contributed by atoms with Gasteiger partial charge in [0.1, 0.15) is 0 Å². The molecule has 242 valence electrons. The van der Waals surface area contributed by atoms with Gasteiger partial charge in [-0.25, -0.2) is 16.8 Å². The van der Waals surface area contributed by atoms with Crippen LogP contribution < -0.4 is 0 Å². The summed E-state index contributed by atoms with van der Waals surface area (Å²) in [6.07, 6.45) is 7.75. The molecule has 2 aromatic carbocycles. The van der Waals surface area contributed by atoms with E-state index in [0.29, 0.717) is 0 Å². The fourth-order valence-corrected chi connectivity index (χ4v) is 5.39. The molecule has 0 spiro atoms. The summed E-state index contributed by atoms with van der Waals surface area (Å²) in [7, 11) is -10.6. The average Bonchev–Trinajstić information content (AvgIpc) is 2.99. The third-order valence-corrected chi connectivity index (χ3v) is 8.58. The van der Waals surface area contributed by atoms with Crippen molar-refractivity contribution in [2.24, 2.45) is 0 Å². The second kappa shape index (κ2) is 14.9. The van der Waals surface area contributed by atoms with Crippen LogP contribution in [0.3, 0.4) is 0 Å². The predicted molar refractivity (Wildman–Crippen MR) is 174 cm³/mol. The Balaban J connectivity index is 0.000000199. The monoisotopic (exact) mass is 778 g/mol. The zero-order chi connectivity index (χ0) is 34.1. The van der Waals surface area contributed by atoms with Gasteiger partial charge in [-0.05, 0) is 99.9 Å². The van der Waals surface area contributed by atoms with Crippen molar-refractivity contribution >= 4 is 64.4 Å². The molecular weight excluding hydrogens is 745 g/mol. The number of hydrogen-bond acceptors (Lipinski definition) is 12. The van der Waals surface area contributed by atoms with Gasteiger partial charge in [0.15, 0.2) is 0 Å². The van der Waals surface area contributed by atoms with Crippen LogP contribution in [-0.2, 0) is 56.8 Å². The van der Waals surface area contributed by atoms with Crippen molar-refractivity contribution in [1.29, 1.82) is 0 Å². The zero-order valence-corrected chi connectivity index (χ0v) is 32.9. The van der Waals surface area contributed by atoms with Gasteiger partial charge in [0.05, 0.1) is 22.1 Å². The van der Waals surface area contributed by atoms with Crippen LogP contribution >= 0.6 is 0 Å². The van der Waals surface area contributed by atoms with E-state index in [1.807, 2.05) is 24.8 Å². The third-order valence-electron chi connectivity index (χ3n) is 8.03. The molecule has 0 fully saturated rings. The van der Waals surface area contributed by atoms with Crippen LogP contribution in [0.25, 0.3) is 43.6 Å². The van der Waals surface area contributed by atoms with E-state index >= 15 is 0 Å². The standard InChI is InChI=1S/2C16H16N2.Cd.H2O8S2/c2*1-9-7-17-15-13(11(9)3)5-6-14-12(4)10(2)8-18-16(14)15;;1-9(2,3)7-8-10(4,5)6/h2*5-8H,1-4H3;;(H,1,2,3)(H,4,5,6)/q;;+2;/p-2. The summed E-state index contributed by atoms with van der Waals surface area (Å²) in [4.78, 5) is 18.3. The molecule has 0 amide bonds. The van der Waals surface area contributed by atoms with Crippen molar-refractivity contribution in [3.8, 4) is 0 Å². The van der Waals surface area contributed by atoms with Crippen LogP contribution in [0.2, 0.25) is 0 Å². The van der Waals surface area contributed by atoms with Crippen molar-refractivity contribution in [3.05, 3.63) is 93.6 Å². The van der Waals surface area contributed by atoms with Crippen LogP contribution in [0.5, 0.6) is 0 Å². The number of pyridine rings is 4. The van der Waals surface area contributed by atoms with Crippen LogP contribution in [0.4, 0.5) is 0 Å².